The molecule has 1 aromatic carbocycles. The third-order valence-corrected chi connectivity index (χ3v) is 2.89. The molecule has 0 fully saturated rings. The van der Waals surface area contributed by atoms with E-state index in [2.05, 4.69) is 4.74 Å². The lowest BCUT2D eigenvalue weighted by Gasteiger charge is -2.12. The van der Waals surface area contributed by atoms with Crippen LogP contribution in [0.1, 0.15) is 0 Å². The van der Waals surface area contributed by atoms with E-state index < -0.39 is 37.6 Å². The summed E-state index contributed by atoms with van der Waals surface area (Å²) in [6.45, 7) is 0. The number of ether oxygens (including phenoxy) is 1. The molecule has 0 unspecified atom stereocenters. The maximum Gasteiger partial charge on any atom is 0.573 e. The van der Waals surface area contributed by atoms with Crippen molar-refractivity contribution in [3.8, 4) is 5.75 Å². The van der Waals surface area contributed by atoms with Gasteiger partial charge in [0.05, 0.1) is 5.69 Å². The fraction of sp³-hybridized carbons (Fsp3) is 0.143. The van der Waals surface area contributed by atoms with Crippen LogP contribution in [0.4, 0.5) is 23.2 Å². The monoisotopic (exact) mass is 293 g/mol. The first-order valence-electron chi connectivity index (χ1n) is 3.80. The normalized spacial score (nSPS) is 12.5. The molecule has 0 bridgehead atoms. The van der Waals surface area contributed by atoms with Crippen molar-refractivity contribution in [1.82, 2.24) is 0 Å². The molecule has 4 nitrogen and oxygen atoms in total. The van der Waals surface area contributed by atoms with E-state index in [1.807, 2.05) is 0 Å². The number of benzene rings is 1. The zero-order valence-corrected chi connectivity index (χ0v) is 9.33. The Morgan fingerprint density at radius 2 is 1.82 bits per heavy atom. The van der Waals surface area contributed by atoms with Gasteiger partial charge in [0.15, 0.2) is 5.75 Å². The summed E-state index contributed by atoms with van der Waals surface area (Å²) in [5.41, 5.74) is 4.29. The van der Waals surface area contributed by atoms with Crippen LogP contribution in [0.2, 0.25) is 0 Å². The average Bonchev–Trinajstić information content (AvgIpc) is 2.06. The van der Waals surface area contributed by atoms with E-state index in [4.69, 9.17) is 16.4 Å². The fourth-order valence-corrected chi connectivity index (χ4v) is 1.89. The molecular weight excluding hydrogens is 290 g/mol. The minimum Gasteiger partial charge on any atom is -0.404 e. The first-order valence-corrected chi connectivity index (χ1v) is 6.11. The van der Waals surface area contributed by atoms with Gasteiger partial charge in [0.25, 0.3) is 9.05 Å². The Bertz CT molecular complexity index is 543. The van der Waals surface area contributed by atoms with Gasteiger partial charge in [-0.25, -0.2) is 12.8 Å². The van der Waals surface area contributed by atoms with Crippen molar-refractivity contribution in [2.75, 3.05) is 5.73 Å². The molecular formula is C7H4ClF4NO3S. The molecule has 0 atom stereocenters. The largest absolute Gasteiger partial charge is 0.573 e. The number of halogens is 5. The predicted octanol–water partition coefficient (Wildman–Crippen LogP) is 2.23. The Morgan fingerprint density at radius 1 is 1.29 bits per heavy atom. The summed E-state index contributed by atoms with van der Waals surface area (Å²) in [5.74, 6) is -2.41. The minimum absolute atomic E-state index is 0.249. The Labute approximate surface area is 97.3 Å². The van der Waals surface area contributed by atoms with E-state index in [-0.39, 0.29) is 6.07 Å². The average molecular weight is 294 g/mol. The Morgan fingerprint density at radius 3 is 2.24 bits per heavy atom. The van der Waals surface area contributed by atoms with Crippen LogP contribution in [-0.4, -0.2) is 14.8 Å². The van der Waals surface area contributed by atoms with E-state index >= 15 is 0 Å². The highest BCUT2D eigenvalue weighted by atomic mass is 35.7. The smallest absolute Gasteiger partial charge is 0.404 e. The molecule has 0 aromatic heterocycles. The second kappa shape index (κ2) is 4.22. The van der Waals surface area contributed by atoms with Crippen molar-refractivity contribution in [2.24, 2.45) is 0 Å². The van der Waals surface area contributed by atoms with Crippen LogP contribution in [0.15, 0.2) is 17.0 Å². The van der Waals surface area contributed by atoms with Crippen molar-refractivity contribution in [3.05, 3.63) is 17.9 Å². The van der Waals surface area contributed by atoms with Gasteiger partial charge in [0, 0.05) is 16.7 Å². The maximum atomic E-state index is 12.9. The first kappa shape index (κ1) is 13.8. The van der Waals surface area contributed by atoms with Gasteiger partial charge in [-0.05, 0) is 6.07 Å². The van der Waals surface area contributed by atoms with Gasteiger partial charge in [-0.1, -0.05) is 0 Å². The lowest BCUT2D eigenvalue weighted by molar-refractivity contribution is -0.275. The zero-order valence-electron chi connectivity index (χ0n) is 7.75. The Hall–Kier alpha value is -1.22. The molecule has 0 aliphatic carbocycles. The van der Waals surface area contributed by atoms with Gasteiger partial charge in [-0.15, -0.1) is 13.2 Å². The highest BCUT2D eigenvalue weighted by Gasteiger charge is 2.34. The van der Waals surface area contributed by atoms with Crippen molar-refractivity contribution >= 4 is 25.4 Å². The second-order valence-electron chi connectivity index (χ2n) is 2.81. The number of nitrogens with two attached hydrogens (primary N) is 1. The summed E-state index contributed by atoms with van der Waals surface area (Å²) >= 11 is 0. The highest BCUT2D eigenvalue weighted by molar-refractivity contribution is 8.13. The molecule has 1 rings (SSSR count). The molecule has 0 aliphatic heterocycles. The fourth-order valence-electron chi connectivity index (χ4n) is 0.946. The van der Waals surface area contributed by atoms with Crippen LogP contribution in [0, 0.1) is 5.82 Å². The lowest BCUT2D eigenvalue weighted by atomic mass is 10.3. The molecule has 0 amide bonds. The van der Waals surface area contributed by atoms with Crippen LogP contribution in [0.25, 0.3) is 0 Å². The van der Waals surface area contributed by atoms with Gasteiger partial charge in [-0.3, -0.25) is 0 Å². The van der Waals surface area contributed by atoms with Gasteiger partial charge in [0.1, 0.15) is 10.7 Å². The number of alkyl halides is 3. The highest BCUT2D eigenvalue weighted by Crippen LogP contribution is 2.34. The summed E-state index contributed by atoms with van der Waals surface area (Å²) in [6.07, 6.45) is -5.15. The molecule has 0 spiro atoms. The lowest BCUT2D eigenvalue weighted by Crippen LogP contribution is -2.18. The maximum absolute atomic E-state index is 12.9. The second-order valence-corrected chi connectivity index (χ2v) is 5.34. The SMILES string of the molecule is Nc1cc(OC(F)(F)F)c(S(=O)(=O)Cl)cc1F. The molecule has 2 N–H and O–H groups in total. The number of hydrogen-bond acceptors (Lipinski definition) is 4. The topological polar surface area (TPSA) is 69.4 Å². The number of nitrogen functional groups attached to an aromatic ring is 1. The predicted molar refractivity (Wildman–Crippen MR) is 50.5 cm³/mol. The molecule has 0 radical (unpaired) electrons. The third-order valence-electron chi connectivity index (χ3n) is 1.55. The first-order chi connectivity index (χ1) is 7.50. The van der Waals surface area contributed by atoms with E-state index in [9.17, 15) is 26.0 Å². The standard InChI is InChI=1S/C7H4ClF4NO3S/c8-17(14,15)6-1-3(9)4(13)2-5(6)16-7(10,11)12/h1-2H,13H2. The van der Waals surface area contributed by atoms with E-state index in [0.29, 0.717) is 6.07 Å². The summed E-state index contributed by atoms with van der Waals surface area (Å²) < 4.78 is 74.0. The van der Waals surface area contributed by atoms with Crippen molar-refractivity contribution in [3.63, 3.8) is 0 Å². The molecule has 0 saturated carbocycles. The van der Waals surface area contributed by atoms with E-state index in [1.165, 1.54) is 0 Å². The summed E-state index contributed by atoms with van der Waals surface area (Å²) in [6, 6.07) is 0.636. The van der Waals surface area contributed by atoms with E-state index in [0.717, 1.165) is 0 Å². The van der Waals surface area contributed by atoms with Crippen LogP contribution >= 0.6 is 10.7 Å². The Kier molecular flexibility index (Phi) is 3.44. The van der Waals surface area contributed by atoms with Crippen LogP contribution < -0.4 is 10.5 Å². The molecule has 96 valence electrons. The van der Waals surface area contributed by atoms with Crippen molar-refractivity contribution < 1.29 is 30.7 Å². The molecule has 17 heavy (non-hydrogen) atoms. The third kappa shape index (κ3) is 3.63. The van der Waals surface area contributed by atoms with Crippen molar-refractivity contribution in [1.29, 1.82) is 0 Å². The van der Waals surface area contributed by atoms with Crippen molar-refractivity contribution in [2.45, 2.75) is 11.3 Å². The molecule has 0 saturated heterocycles. The summed E-state index contributed by atoms with van der Waals surface area (Å²) in [5, 5.41) is 0. The van der Waals surface area contributed by atoms with Crippen LogP contribution in [0.3, 0.4) is 0 Å². The molecule has 0 aliphatic rings. The number of anilines is 1. The van der Waals surface area contributed by atoms with Gasteiger partial charge in [-0.2, -0.15) is 0 Å². The van der Waals surface area contributed by atoms with Gasteiger partial charge >= 0.3 is 6.36 Å². The van der Waals surface area contributed by atoms with Gasteiger partial charge in [0.2, 0.25) is 0 Å². The summed E-state index contributed by atoms with van der Waals surface area (Å²) in [7, 11) is 0.241. The zero-order chi connectivity index (χ0) is 13.4. The van der Waals surface area contributed by atoms with Gasteiger partial charge < -0.3 is 10.5 Å². The molecule has 0 heterocycles. The summed E-state index contributed by atoms with van der Waals surface area (Å²) in [4.78, 5) is -1.15. The minimum atomic E-state index is -5.15. The number of rotatable bonds is 2. The number of hydrogen-bond donors (Lipinski definition) is 1. The molecule has 10 heteroatoms. The molecule has 1 aromatic rings. The Balaban J connectivity index is 3.42. The van der Waals surface area contributed by atoms with E-state index in [1.54, 1.807) is 0 Å². The quantitative estimate of drug-likeness (QED) is 0.516. The van der Waals surface area contributed by atoms with Crippen LogP contribution in [0.5, 0.6) is 5.75 Å². The van der Waals surface area contributed by atoms with Crippen LogP contribution in [-0.2, 0) is 9.05 Å².